The number of fused-ring (bicyclic) bond motifs is 17. The van der Waals surface area contributed by atoms with Crippen molar-refractivity contribution in [1.82, 2.24) is 0 Å². The molecule has 0 spiro atoms. The standard InChI is InChI=1S/C41H26N4O4.C30H22N4O4.C29H20N4O4.C20H22N2O2/c1-3-11-31-29(9-1)30-10-2-4-12-32(30)41(31,27-17-19-35-39(21-27)48-25-46-37-15-7-5-13-33(37)42-23-44-35)28-18-20-36-40(22-28)49-26-47-38-16-8-6-14-34(38)43-24-45-36;1-5-13-25-21(9-1)31-19-33-23-11-3-7-15-27(23)37-29(17-35-25)30-18-36-26-14-6-2-10-22(26)32-20-34-24-12-4-8-16-28(24)38-30;1-3-7-26-22(5-1)30-16-32-24-14-20(9-11-28(24)36-18-34-26)13-21-10-12-29-25(15-21)33-17-31-23-6-2-4-8-27(23)35-19-37-29;1-3-15(2)16-12-23-19-10-6-4-8-17(19)21-14-22-18-9-5-7-11-20(18)24-13-16/h1-22H,25-26H2;1-16,29-30H,17-18H2;1-12,14-15H,13,18-19H2;4-11,15-16H,3,12-13H2,1-2H3. The molecule has 28 nitrogen and oxygen atoms in total. The van der Waals surface area contributed by atoms with Crippen LogP contribution in [0.25, 0.3) is 11.1 Å². The monoisotopic (exact) mass is 1950 g/mol. The molecule has 724 valence electrons. The number of hydrogen-bond acceptors (Lipinski definition) is 28. The first kappa shape index (κ1) is 94.6. The van der Waals surface area contributed by atoms with Crippen LogP contribution in [0.1, 0.15) is 53.6 Å². The van der Waals surface area contributed by atoms with Gasteiger partial charge in [0.1, 0.15) is 204 Å². The van der Waals surface area contributed by atoms with Crippen LogP contribution in [0.5, 0.6) is 80.5 Å². The van der Waals surface area contributed by atoms with Crippen LogP contribution in [0.2, 0.25) is 0 Å². The summed E-state index contributed by atoms with van der Waals surface area (Å²) in [6.45, 7) is 5.98. The van der Waals surface area contributed by atoms with Crippen molar-refractivity contribution < 1.29 is 66.3 Å². The smallest absolute Gasteiger partial charge is 0.231 e. The number of nitrogens with zero attached hydrogens (tertiary/aromatic N) is 14. The van der Waals surface area contributed by atoms with Crippen molar-refractivity contribution in [3.63, 3.8) is 0 Å². The Morgan fingerprint density at radius 2 is 0.459 bits per heavy atom. The topological polar surface area (TPSA) is 302 Å². The van der Waals surface area contributed by atoms with Gasteiger partial charge in [-0.05, 0) is 227 Å². The summed E-state index contributed by atoms with van der Waals surface area (Å²) in [7, 11) is 0. The molecular formula is C120H90N14O14. The van der Waals surface area contributed by atoms with Crippen molar-refractivity contribution in [2.45, 2.75) is 44.3 Å². The summed E-state index contributed by atoms with van der Waals surface area (Å²) >= 11 is 0. The van der Waals surface area contributed by atoms with Crippen LogP contribution in [0, 0.1) is 11.8 Å². The second-order valence-electron chi connectivity index (χ2n) is 34.3. The van der Waals surface area contributed by atoms with E-state index in [9.17, 15) is 0 Å². The summed E-state index contributed by atoms with van der Waals surface area (Å²) in [6, 6.07) is 135. The highest BCUT2D eigenvalue weighted by Gasteiger charge is 2.47. The van der Waals surface area contributed by atoms with Gasteiger partial charge in [-0.1, -0.05) is 214 Å². The van der Waals surface area contributed by atoms with Crippen molar-refractivity contribution >= 4 is 122 Å². The van der Waals surface area contributed by atoms with Crippen LogP contribution < -0.4 is 66.3 Å². The average Bonchev–Trinajstić information content (AvgIpc) is 1.53. The lowest BCUT2D eigenvalue weighted by atomic mass is 9.67. The highest BCUT2D eigenvalue weighted by atomic mass is 16.7. The molecule has 0 N–H and O–H groups in total. The van der Waals surface area contributed by atoms with E-state index in [0.717, 1.165) is 73.8 Å². The van der Waals surface area contributed by atoms with Crippen molar-refractivity contribution in [3.05, 3.63) is 397 Å². The third kappa shape index (κ3) is 22.0. The maximum atomic E-state index is 6.51. The van der Waals surface area contributed by atoms with E-state index in [1.165, 1.54) is 0 Å². The third-order valence-electron chi connectivity index (χ3n) is 25.1. The minimum absolute atomic E-state index is 0.0198. The molecule has 24 rings (SSSR count). The predicted molar refractivity (Wildman–Crippen MR) is 566 cm³/mol. The lowest BCUT2D eigenvalue weighted by Crippen LogP contribution is -2.44. The van der Waals surface area contributed by atoms with Crippen molar-refractivity contribution in [3.8, 4) is 91.6 Å². The Labute approximate surface area is 851 Å². The average molecular weight is 1950 g/mol. The van der Waals surface area contributed by atoms with Gasteiger partial charge in [-0.15, -0.1) is 0 Å². The molecule has 28 heteroatoms. The molecule has 0 saturated heterocycles. The number of aliphatic imine (C=N–C) groups is 14. The molecule has 0 aromatic heterocycles. The van der Waals surface area contributed by atoms with Gasteiger partial charge >= 0.3 is 0 Å². The molecule has 16 aromatic rings. The minimum Gasteiger partial charge on any atom is -0.491 e. The Kier molecular flexibility index (Phi) is 29.1. The maximum absolute atomic E-state index is 6.51. The molecule has 0 fully saturated rings. The van der Waals surface area contributed by atoms with Crippen LogP contribution in [0.4, 0.5) is 79.6 Å². The molecule has 0 amide bonds. The van der Waals surface area contributed by atoms with Crippen LogP contribution in [0.15, 0.2) is 434 Å². The second kappa shape index (κ2) is 45.5. The Bertz CT molecular complexity index is 7700. The molecule has 7 aliphatic heterocycles. The number of para-hydroxylation sites is 20. The molecule has 0 radical (unpaired) electrons. The highest BCUT2D eigenvalue weighted by molar-refractivity contribution is 5.88. The lowest BCUT2D eigenvalue weighted by molar-refractivity contribution is -0.0000331. The summed E-state index contributed by atoms with van der Waals surface area (Å²) in [4.78, 5) is 61.5. The SMILES string of the molecule is C1=Nc2ccccc2OCC(C2COc3ccccc3N=C=Nc3ccccc3O2)Oc2ccccc2N=1.C1=Nc2ccccc2OCOc2cc(C3(c4ccc5c(c4)OCOc4ccccc4N=C=N5)c4ccccc4-c4ccccc43)ccc2N=1.C1=Nc2ccccc2OCOc2ccc(Cc3ccc4c(c3)N=C=Nc3ccccc3OCO4)cc2N=1.CCC(C)C1COc2ccccc2N=C=Nc2ccccc2OC1. The third-order valence-corrected chi connectivity index (χ3v) is 25.1. The maximum Gasteiger partial charge on any atom is 0.231 e. The van der Waals surface area contributed by atoms with Crippen molar-refractivity contribution in [2.24, 2.45) is 81.7 Å². The molecule has 16 aromatic carbocycles. The van der Waals surface area contributed by atoms with E-state index in [-0.39, 0.29) is 40.4 Å². The van der Waals surface area contributed by atoms with E-state index >= 15 is 0 Å². The van der Waals surface area contributed by atoms with Gasteiger partial charge in [-0.2, -0.15) is 69.9 Å². The zero-order chi connectivity index (χ0) is 99.8. The van der Waals surface area contributed by atoms with E-state index in [1.807, 2.05) is 303 Å². The Balaban J connectivity index is 0.000000119. The molecule has 1 aliphatic carbocycles. The Hall–Kier alpha value is -19.6. The molecule has 7 heterocycles. The quantitative estimate of drug-likeness (QED) is 0.143. The predicted octanol–water partition coefficient (Wildman–Crippen LogP) is 29.0. The van der Waals surface area contributed by atoms with Crippen LogP contribution in [0.3, 0.4) is 0 Å². The van der Waals surface area contributed by atoms with Gasteiger partial charge in [0.25, 0.3) is 0 Å². The molecule has 148 heavy (non-hydrogen) atoms. The highest BCUT2D eigenvalue weighted by Crippen LogP contribution is 2.58. The zero-order valence-electron chi connectivity index (χ0n) is 80.0. The fraction of sp³-hybridized carbons (Fsp3) is 0.142. The van der Waals surface area contributed by atoms with E-state index in [1.54, 1.807) is 0 Å². The van der Waals surface area contributed by atoms with Gasteiger partial charge in [-0.3, -0.25) is 0 Å². The fourth-order valence-electron chi connectivity index (χ4n) is 17.4. The van der Waals surface area contributed by atoms with Crippen LogP contribution in [-0.2, 0) is 11.8 Å². The summed E-state index contributed by atoms with van der Waals surface area (Å²) in [6.07, 6.45) is 0.502. The van der Waals surface area contributed by atoms with Gasteiger partial charge in [0, 0.05) is 5.92 Å². The second-order valence-corrected chi connectivity index (χ2v) is 34.3. The van der Waals surface area contributed by atoms with Crippen LogP contribution in [-0.4, -0.2) is 108 Å². The minimum atomic E-state index is -0.759. The summed E-state index contributed by atoms with van der Waals surface area (Å²) in [5.41, 5.74) is 16.6. The van der Waals surface area contributed by atoms with E-state index in [0.29, 0.717) is 169 Å². The zero-order valence-corrected chi connectivity index (χ0v) is 80.0. The van der Waals surface area contributed by atoms with Gasteiger partial charge in [-0.25, -0.2) is 0 Å². The van der Waals surface area contributed by atoms with E-state index in [4.69, 9.17) is 66.3 Å². The number of rotatable bonds is 7. The fourth-order valence-corrected chi connectivity index (χ4v) is 17.4. The van der Waals surface area contributed by atoms with E-state index in [2.05, 4.69) is 186 Å². The molecule has 0 saturated carbocycles. The summed E-state index contributed by atoms with van der Waals surface area (Å²) in [5, 5.41) is 0. The molecule has 3 unspecified atom stereocenters. The largest absolute Gasteiger partial charge is 0.491 e. The van der Waals surface area contributed by atoms with Crippen LogP contribution >= 0.6 is 0 Å². The lowest BCUT2D eigenvalue weighted by Gasteiger charge is -2.34. The number of benzene rings is 16. The summed E-state index contributed by atoms with van der Waals surface area (Å²) < 4.78 is 85.1. The van der Waals surface area contributed by atoms with Gasteiger partial charge in [0.15, 0.2) is 23.7 Å². The first-order valence-corrected chi connectivity index (χ1v) is 47.9. The van der Waals surface area contributed by atoms with Gasteiger partial charge in [0.05, 0.1) is 18.6 Å². The molecule has 3 atom stereocenters. The van der Waals surface area contributed by atoms with E-state index < -0.39 is 17.6 Å². The number of hydrogen-bond donors (Lipinski definition) is 0. The first-order chi connectivity index (χ1) is 73.2. The first-order valence-electron chi connectivity index (χ1n) is 47.9. The molecule has 8 aliphatic rings. The Morgan fingerprint density at radius 3 is 0.757 bits per heavy atom. The summed E-state index contributed by atoms with van der Waals surface area (Å²) in [5.74, 6) is 9.22. The molecule has 0 bridgehead atoms. The Morgan fingerprint density at radius 1 is 0.230 bits per heavy atom. The molecular weight excluding hydrogens is 1860 g/mol. The van der Waals surface area contributed by atoms with Crippen molar-refractivity contribution in [1.29, 1.82) is 0 Å². The normalized spacial score (nSPS) is 15.7. The van der Waals surface area contributed by atoms with Gasteiger partial charge in [0.2, 0.25) is 27.2 Å². The van der Waals surface area contributed by atoms with Gasteiger partial charge < -0.3 is 66.3 Å². The van der Waals surface area contributed by atoms with Crippen molar-refractivity contribution in [2.75, 3.05) is 53.6 Å². The number of ether oxygens (including phenoxy) is 14.